The molecule has 1 aliphatic carbocycles. The Morgan fingerprint density at radius 2 is 1.50 bits per heavy atom. The highest BCUT2D eigenvalue weighted by Crippen LogP contribution is 2.54. The highest BCUT2D eigenvalue weighted by molar-refractivity contribution is 9.10. The van der Waals surface area contributed by atoms with Crippen molar-refractivity contribution in [1.82, 2.24) is 0 Å². The van der Waals surface area contributed by atoms with Crippen LogP contribution in [0.25, 0.3) is 0 Å². The molecule has 1 aromatic rings. The Bertz CT molecular complexity index is 533. The van der Waals surface area contributed by atoms with Crippen molar-refractivity contribution in [1.29, 1.82) is 0 Å². The number of halogens is 6. The van der Waals surface area contributed by atoms with E-state index in [2.05, 4.69) is 15.9 Å². The molecule has 0 radical (unpaired) electrons. The van der Waals surface area contributed by atoms with Crippen molar-refractivity contribution in [2.24, 2.45) is 0 Å². The SMILES string of the molecule is FC1=C(F)C(c2ccccc2)C(F)(Br)C(F)=C1F. The van der Waals surface area contributed by atoms with Crippen molar-refractivity contribution in [3.05, 3.63) is 59.2 Å². The fourth-order valence-electron chi connectivity index (χ4n) is 1.76. The first-order chi connectivity index (χ1) is 8.37. The lowest BCUT2D eigenvalue weighted by molar-refractivity contribution is 0.221. The Morgan fingerprint density at radius 1 is 0.944 bits per heavy atom. The lowest BCUT2D eigenvalue weighted by Crippen LogP contribution is -2.30. The van der Waals surface area contributed by atoms with Gasteiger partial charge in [0.25, 0.3) is 0 Å². The van der Waals surface area contributed by atoms with Crippen LogP contribution >= 0.6 is 15.9 Å². The lowest BCUT2D eigenvalue weighted by atomic mass is 9.88. The summed E-state index contributed by atoms with van der Waals surface area (Å²) in [7, 11) is 0. The minimum atomic E-state index is -3.14. The van der Waals surface area contributed by atoms with Gasteiger partial charge in [-0.05, 0) is 21.5 Å². The van der Waals surface area contributed by atoms with Crippen molar-refractivity contribution in [3.63, 3.8) is 0 Å². The topological polar surface area (TPSA) is 0 Å². The maximum atomic E-state index is 14.1. The van der Waals surface area contributed by atoms with Gasteiger partial charge in [-0.15, -0.1) is 0 Å². The van der Waals surface area contributed by atoms with E-state index in [-0.39, 0.29) is 5.56 Å². The van der Waals surface area contributed by atoms with Gasteiger partial charge in [0.05, 0.1) is 5.92 Å². The van der Waals surface area contributed by atoms with Crippen molar-refractivity contribution in [2.45, 2.75) is 10.5 Å². The Morgan fingerprint density at radius 3 is 2.06 bits per heavy atom. The Kier molecular flexibility index (Phi) is 3.31. The first-order valence-corrected chi connectivity index (χ1v) is 5.70. The van der Waals surface area contributed by atoms with Crippen molar-refractivity contribution >= 4 is 15.9 Å². The molecule has 0 fully saturated rings. The third-order valence-corrected chi connectivity index (χ3v) is 3.44. The Hall–Kier alpha value is -1.17. The van der Waals surface area contributed by atoms with Gasteiger partial charge < -0.3 is 0 Å². The van der Waals surface area contributed by atoms with Crippen LogP contribution in [0.5, 0.6) is 0 Å². The van der Waals surface area contributed by atoms with Crippen LogP contribution in [0.2, 0.25) is 0 Å². The molecule has 0 N–H and O–H groups in total. The predicted molar refractivity (Wildman–Crippen MR) is 60.4 cm³/mol. The van der Waals surface area contributed by atoms with Crippen LogP contribution in [0.4, 0.5) is 22.0 Å². The van der Waals surface area contributed by atoms with E-state index in [0.29, 0.717) is 0 Å². The first-order valence-electron chi connectivity index (χ1n) is 4.91. The minimum Gasteiger partial charge on any atom is -0.222 e. The summed E-state index contributed by atoms with van der Waals surface area (Å²) < 4.78 is 64.1. The van der Waals surface area contributed by atoms with Crippen LogP contribution in [0.3, 0.4) is 0 Å². The number of alkyl halides is 2. The molecule has 1 aliphatic rings. The third kappa shape index (κ3) is 1.88. The summed E-state index contributed by atoms with van der Waals surface area (Å²) in [6.45, 7) is 0. The van der Waals surface area contributed by atoms with Crippen LogP contribution in [-0.2, 0) is 0 Å². The molecule has 0 aliphatic heterocycles. The monoisotopic (exact) mass is 324 g/mol. The zero-order valence-electron chi connectivity index (χ0n) is 8.73. The van der Waals surface area contributed by atoms with Gasteiger partial charge in [-0.25, -0.2) is 22.0 Å². The van der Waals surface area contributed by atoms with E-state index in [1.807, 2.05) is 0 Å². The second kappa shape index (κ2) is 4.50. The summed E-state index contributed by atoms with van der Waals surface area (Å²) in [6, 6.07) is 7.07. The normalized spacial score (nSPS) is 28.9. The second-order valence-corrected chi connectivity index (χ2v) is 4.91. The smallest absolute Gasteiger partial charge is 0.222 e. The largest absolute Gasteiger partial charge is 0.232 e. The van der Waals surface area contributed by atoms with Gasteiger partial charge in [0.1, 0.15) is 0 Å². The molecule has 2 rings (SSSR count). The Balaban J connectivity index is 2.62. The van der Waals surface area contributed by atoms with Gasteiger partial charge in [0.2, 0.25) is 4.58 Å². The summed E-state index contributed by atoms with van der Waals surface area (Å²) in [6.07, 6.45) is 0. The van der Waals surface area contributed by atoms with Gasteiger partial charge >= 0.3 is 0 Å². The quantitative estimate of drug-likeness (QED) is 0.495. The molecule has 1 aromatic carbocycles. The zero-order chi connectivity index (χ0) is 13.5. The molecule has 18 heavy (non-hydrogen) atoms. The number of rotatable bonds is 1. The molecule has 0 bridgehead atoms. The summed E-state index contributed by atoms with van der Waals surface area (Å²) in [5, 5.41) is 0. The minimum absolute atomic E-state index is 0.00725. The maximum absolute atomic E-state index is 14.1. The van der Waals surface area contributed by atoms with Gasteiger partial charge in [0.15, 0.2) is 23.3 Å². The van der Waals surface area contributed by atoms with Gasteiger partial charge in [-0.3, -0.25) is 0 Å². The number of hydrogen-bond donors (Lipinski definition) is 0. The molecule has 0 heterocycles. The highest BCUT2D eigenvalue weighted by Gasteiger charge is 2.52. The molecule has 96 valence electrons. The van der Waals surface area contributed by atoms with Gasteiger partial charge in [-0.2, -0.15) is 0 Å². The zero-order valence-corrected chi connectivity index (χ0v) is 10.3. The van der Waals surface area contributed by atoms with E-state index in [1.54, 1.807) is 6.07 Å². The molecule has 0 amide bonds. The second-order valence-electron chi connectivity index (χ2n) is 3.76. The fraction of sp³-hybridized carbons (Fsp3) is 0.167. The van der Waals surface area contributed by atoms with Crippen LogP contribution in [0, 0.1) is 0 Å². The molecule has 0 aromatic heterocycles. The average molecular weight is 325 g/mol. The van der Waals surface area contributed by atoms with Crippen molar-refractivity contribution in [3.8, 4) is 0 Å². The standard InChI is InChI=1S/C12H6BrF5/c13-12(18)7(6-4-2-1-3-5-6)8(14)9(15)10(16)11(12)17/h1-5,7H. The van der Waals surface area contributed by atoms with E-state index in [4.69, 9.17) is 0 Å². The van der Waals surface area contributed by atoms with E-state index in [0.717, 1.165) is 0 Å². The molecule has 0 spiro atoms. The van der Waals surface area contributed by atoms with Crippen molar-refractivity contribution < 1.29 is 22.0 Å². The summed E-state index contributed by atoms with van der Waals surface area (Å²) >= 11 is 2.29. The molecular weight excluding hydrogens is 319 g/mol. The summed E-state index contributed by atoms with van der Waals surface area (Å²) in [5.74, 6) is -9.75. The Labute approximate surface area is 108 Å². The fourth-order valence-corrected chi connectivity index (χ4v) is 2.40. The maximum Gasteiger partial charge on any atom is 0.232 e. The van der Waals surface area contributed by atoms with E-state index >= 15 is 0 Å². The molecule has 0 nitrogen and oxygen atoms in total. The molecule has 2 atom stereocenters. The van der Waals surface area contributed by atoms with Crippen LogP contribution in [-0.4, -0.2) is 4.58 Å². The highest BCUT2D eigenvalue weighted by atomic mass is 79.9. The van der Waals surface area contributed by atoms with E-state index < -0.39 is 33.8 Å². The summed E-state index contributed by atoms with van der Waals surface area (Å²) in [5.41, 5.74) is -0.00725. The molecule has 0 saturated heterocycles. The lowest BCUT2D eigenvalue weighted by Gasteiger charge is -2.30. The van der Waals surface area contributed by atoms with E-state index in [1.165, 1.54) is 24.3 Å². The number of hydrogen-bond acceptors (Lipinski definition) is 0. The average Bonchev–Trinajstić information content (AvgIpc) is 2.35. The number of benzene rings is 1. The number of allylic oxidation sites excluding steroid dienone is 4. The van der Waals surface area contributed by atoms with E-state index in [9.17, 15) is 22.0 Å². The van der Waals surface area contributed by atoms with Gasteiger partial charge in [-0.1, -0.05) is 30.3 Å². The van der Waals surface area contributed by atoms with Gasteiger partial charge in [0, 0.05) is 0 Å². The van der Waals surface area contributed by atoms with Crippen LogP contribution < -0.4 is 0 Å². The first kappa shape index (κ1) is 13.3. The molecular formula is C12H6BrF5. The summed E-state index contributed by atoms with van der Waals surface area (Å²) in [4.78, 5) is 0. The molecule has 0 saturated carbocycles. The molecule has 2 unspecified atom stereocenters. The molecule has 6 heteroatoms. The van der Waals surface area contributed by atoms with Crippen LogP contribution in [0.1, 0.15) is 11.5 Å². The van der Waals surface area contributed by atoms with Crippen LogP contribution in [0.15, 0.2) is 53.6 Å². The predicted octanol–water partition coefficient (Wildman–Crippen LogP) is 5.15. The van der Waals surface area contributed by atoms with Crippen molar-refractivity contribution in [2.75, 3.05) is 0 Å². The third-order valence-electron chi connectivity index (χ3n) is 2.64.